The second kappa shape index (κ2) is 4.57. The summed E-state index contributed by atoms with van der Waals surface area (Å²) in [6.07, 6.45) is 0. The number of hydrogen-bond acceptors (Lipinski definition) is 2. The molecule has 2 N–H and O–H groups in total. The minimum atomic E-state index is -0.128. The highest BCUT2D eigenvalue weighted by Gasteiger charge is 2.12. The lowest BCUT2D eigenvalue weighted by Crippen LogP contribution is -2.18. The van der Waals surface area contributed by atoms with Crippen LogP contribution in [-0.4, -0.2) is 22.9 Å². The first-order chi connectivity index (χ1) is 9.29. The molecule has 94 valence electrons. The Kier molecular flexibility index (Phi) is 2.76. The first kappa shape index (κ1) is 11.5. The molecule has 0 fully saturated rings. The zero-order valence-electron chi connectivity index (χ0n) is 10.5. The van der Waals surface area contributed by atoms with Gasteiger partial charge in [-0.3, -0.25) is 4.79 Å². The third-order valence-electron chi connectivity index (χ3n) is 3.03. The number of aromatic amines is 1. The van der Waals surface area contributed by atoms with Crippen LogP contribution in [0, 0.1) is 0 Å². The molecular weight excluding hydrogens is 238 g/mol. The molecule has 2 aromatic carbocycles. The number of imidazole rings is 1. The van der Waals surface area contributed by atoms with Crippen LogP contribution < -0.4 is 5.32 Å². The highest BCUT2D eigenvalue weighted by atomic mass is 16.1. The minimum absolute atomic E-state index is 0.128. The summed E-state index contributed by atoms with van der Waals surface area (Å²) in [7, 11) is 1.62. The molecule has 3 rings (SSSR count). The lowest BCUT2D eigenvalue weighted by Gasteiger charge is -1.99. The average molecular weight is 251 g/mol. The third-order valence-corrected chi connectivity index (χ3v) is 3.03. The Balaban J connectivity index is 2.19. The summed E-state index contributed by atoms with van der Waals surface area (Å²) in [5.74, 6) is 0.642. The Bertz CT molecular complexity index is 731. The van der Waals surface area contributed by atoms with Crippen molar-refractivity contribution in [3.8, 4) is 11.4 Å². The normalized spacial score (nSPS) is 10.6. The zero-order valence-corrected chi connectivity index (χ0v) is 10.5. The Labute approximate surface area is 110 Å². The molecule has 1 amide bonds. The fourth-order valence-corrected chi connectivity index (χ4v) is 2.08. The van der Waals surface area contributed by atoms with E-state index in [4.69, 9.17) is 0 Å². The van der Waals surface area contributed by atoms with Crippen LogP contribution in [0.5, 0.6) is 0 Å². The van der Waals surface area contributed by atoms with E-state index in [0.717, 1.165) is 16.9 Å². The van der Waals surface area contributed by atoms with Crippen molar-refractivity contribution in [3.63, 3.8) is 0 Å². The maximum Gasteiger partial charge on any atom is 0.253 e. The third kappa shape index (κ3) is 1.97. The molecule has 0 aliphatic heterocycles. The number of amides is 1. The predicted molar refractivity (Wildman–Crippen MR) is 74.9 cm³/mol. The van der Waals surface area contributed by atoms with Crippen LogP contribution in [0.4, 0.5) is 0 Å². The second-order valence-corrected chi connectivity index (χ2v) is 4.23. The largest absolute Gasteiger partial charge is 0.355 e. The van der Waals surface area contributed by atoms with Gasteiger partial charge in [-0.15, -0.1) is 0 Å². The molecule has 3 aromatic rings. The van der Waals surface area contributed by atoms with E-state index in [0.29, 0.717) is 11.1 Å². The van der Waals surface area contributed by atoms with Crippen LogP contribution in [-0.2, 0) is 0 Å². The maximum absolute atomic E-state index is 11.8. The molecule has 1 heterocycles. The van der Waals surface area contributed by atoms with E-state index in [9.17, 15) is 4.79 Å². The van der Waals surface area contributed by atoms with Crippen molar-refractivity contribution >= 4 is 16.9 Å². The number of carbonyl (C=O) groups is 1. The molecular formula is C15H13N3O. The van der Waals surface area contributed by atoms with Gasteiger partial charge in [-0.05, 0) is 12.1 Å². The van der Waals surface area contributed by atoms with Crippen molar-refractivity contribution in [2.75, 3.05) is 7.05 Å². The van der Waals surface area contributed by atoms with Crippen molar-refractivity contribution in [1.82, 2.24) is 15.3 Å². The summed E-state index contributed by atoms with van der Waals surface area (Å²) < 4.78 is 0. The van der Waals surface area contributed by atoms with Gasteiger partial charge in [0.05, 0.1) is 11.1 Å². The van der Waals surface area contributed by atoms with Crippen molar-refractivity contribution in [2.24, 2.45) is 0 Å². The molecule has 4 heteroatoms. The van der Waals surface area contributed by atoms with E-state index >= 15 is 0 Å². The number of H-pyrrole nitrogens is 1. The Morgan fingerprint density at radius 3 is 2.63 bits per heavy atom. The van der Waals surface area contributed by atoms with Gasteiger partial charge in [-0.25, -0.2) is 4.98 Å². The van der Waals surface area contributed by atoms with Crippen molar-refractivity contribution in [2.45, 2.75) is 0 Å². The molecule has 0 aliphatic carbocycles. The van der Waals surface area contributed by atoms with Gasteiger partial charge >= 0.3 is 0 Å². The fourth-order valence-electron chi connectivity index (χ4n) is 2.08. The lowest BCUT2D eigenvalue weighted by atomic mass is 10.2. The monoisotopic (exact) mass is 251 g/mol. The van der Waals surface area contributed by atoms with Crippen LogP contribution in [0.25, 0.3) is 22.4 Å². The van der Waals surface area contributed by atoms with Gasteiger partial charge in [0.25, 0.3) is 5.91 Å². The summed E-state index contributed by atoms with van der Waals surface area (Å²) >= 11 is 0. The molecule has 0 bridgehead atoms. The van der Waals surface area contributed by atoms with Crippen molar-refractivity contribution in [3.05, 3.63) is 54.1 Å². The van der Waals surface area contributed by atoms with Crippen molar-refractivity contribution < 1.29 is 4.79 Å². The van der Waals surface area contributed by atoms with E-state index < -0.39 is 0 Å². The Hall–Kier alpha value is -2.62. The lowest BCUT2D eigenvalue weighted by molar-refractivity contribution is 0.0964. The number of nitrogens with zero attached hydrogens (tertiary/aromatic N) is 1. The molecule has 1 aromatic heterocycles. The van der Waals surface area contributed by atoms with Gasteiger partial charge in [-0.1, -0.05) is 36.4 Å². The van der Waals surface area contributed by atoms with E-state index in [1.165, 1.54) is 0 Å². The van der Waals surface area contributed by atoms with Crippen molar-refractivity contribution in [1.29, 1.82) is 0 Å². The summed E-state index contributed by atoms with van der Waals surface area (Å²) in [5, 5.41) is 2.63. The van der Waals surface area contributed by atoms with Gasteiger partial charge in [-0.2, -0.15) is 0 Å². The fraction of sp³-hybridized carbons (Fsp3) is 0.0667. The van der Waals surface area contributed by atoms with Crippen LogP contribution in [0.3, 0.4) is 0 Å². The number of carbonyl (C=O) groups excluding carboxylic acids is 1. The Morgan fingerprint density at radius 2 is 1.89 bits per heavy atom. The van der Waals surface area contributed by atoms with Gasteiger partial charge in [0, 0.05) is 12.6 Å². The van der Waals surface area contributed by atoms with Gasteiger partial charge in [0.2, 0.25) is 0 Å². The molecule has 0 saturated carbocycles. The number of fused-ring (bicyclic) bond motifs is 1. The number of nitrogens with one attached hydrogen (secondary N) is 2. The number of para-hydroxylation sites is 1. The van der Waals surface area contributed by atoms with Gasteiger partial charge < -0.3 is 10.3 Å². The van der Waals surface area contributed by atoms with Crippen LogP contribution >= 0.6 is 0 Å². The number of benzene rings is 2. The molecule has 0 spiro atoms. The van der Waals surface area contributed by atoms with E-state index in [2.05, 4.69) is 15.3 Å². The van der Waals surface area contributed by atoms with E-state index in [1.54, 1.807) is 13.1 Å². The topological polar surface area (TPSA) is 57.8 Å². The highest BCUT2D eigenvalue weighted by Crippen LogP contribution is 2.22. The van der Waals surface area contributed by atoms with E-state index in [-0.39, 0.29) is 5.91 Å². The first-order valence-electron chi connectivity index (χ1n) is 6.06. The average Bonchev–Trinajstić information content (AvgIpc) is 2.91. The quantitative estimate of drug-likeness (QED) is 0.735. The number of aromatic nitrogens is 2. The molecule has 0 saturated heterocycles. The molecule has 0 atom stereocenters. The van der Waals surface area contributed by atoms with Gasteiger partial charge in [0.1, 0.15) is 11.3 Å². The molecule has 19 heavy (non-hydrogen) atoms. The molecule has 0 unspecified atom stereocenters. The van der Waals surface area contributed by atoms with Crippen LogP contribution in [0.15, 0.2) is 48.5 Å². The minimum Gasteiger partial charge on any atom is -0.355 e. The summed E-state index contributed by atoms with van der Waals surface area (Å²) in [4.78, 5) is 19.6. The van der Waals surface area contributed by atoms with Gasteiger partial charge in [0.15, 0.2) is 0 Å². The summed E-state index contributed by atoms with van der Waals surface area (Å²) in [5.41, 5.74) is 3.14. The molecule has 4 nitrogen and oxygen atoms in total. The summed E-state index contributed by atoms with van der Waals surface area (Å²) in [6, 6.07) is 15.4. The standard InChI is InChI=1S/C15H13N3O/c1-16-15(19)11-8-5-9-12-13(11)18-14(17-12)10-6-3-2-4-7-10/h2-9H,1H3,(H,16,19)(H,17,18). The van der Waals surface area contributed by atoms with E-state index in [1.807, 2.05) is 42.5 Å². The maximum atomic E-state index is 11.8. The number of rotatable bonds is 2. The highest BCUT2D eigenvalue weighted by molar-refractivity contribution is 6.05. The Morgan fingerprint density at radius 1 is 1.11 bits per heavy atom. The zero-order chi connectivity index (χ0) is 13.2. The molecule has 0 radical (unpaired) electrons. The predicted octanol–water partition coefficient (Wildman–Crippen LogP) is 2.59. The summed E-state index contributed by atoms with van der Waals surface area (Å²) in [6.45, 7) is 0. The first-order valence-corrected chi connectivity index (χ1v) is 6.06. The SMILES string of the molecule is CNC(=O)c1cccc2[nH]c(-c3ccccc3)nc12. The number of hydrogen-bond donors (Lipinski definition) is 2. The van der Waals surface area contributed by atoms with Crippen LogP contribution in [0.2, 0.25) is 0 Å². The smallest absolute Gasteiger partial charge is 0.253 e. The van der Waals surface area contributed by atoms with Crippen LogP contribution in [0.1, 0.15) is 10.4 Å². The molecule has 0 aliphatic rings. The second-order valence-electron chi connectivity index (χ2n) is 4.23.